The number of carbonyl (C=O) groups is 2. The van der Waals surface area contributed by atoms with Gasteiger partial charge in [0, 0.05) is 0 Å². The van der Waals surface area contributed by atoms with E-state index in [0.717, 1.165) is 0 Å². The molecule has 0 aromatic carbocycles. The summed E-state index contributed by atoms with van der Waals surface area (Å²) >= 11 is 0. The monoisotopic (exact) mass is 175 g/mol. The summed E-state index contributed by atoms with van der Waals surface area (Å²) in [4.78, 5) is 21.2. The molecule has 0 rings (SSSR count). The van der Waals surface area contributed by atoms with Crippen molar-refractivity contribution in [1.82, 2.24) is 0 Å². The maximum absolute atomic E-state index is 10.9. The second kappa shape index (κ2) is 4.71. The average Bonchev–Trinajstić information content (AvgIpc) is 2.02. The first-order valence-electron chi connectivity index (χ1n) is 3.65. The van der Waals surface area contributed by atoms with Gasteiger partial charge in [0.2, 0.25) is 0 Å². The molecule has 70 valence electrons. The first-order chi connectivity index (χ1) is 5.50. The maximum Gasteiger partial charge on any atom is 0.323 e. The van der Waals surface area contributed by atoms with Crippen molar-refractivity contribution in [2.45, 2.75) is 19.9 Å². The van der Waals surface area contributed by atoms with E-state index in [1.54, 1.807) is 6.92 Å². The Morgan fingerprint density at radius 3 is 2.42 bits per heavy atom. The van der Waals surface area contributed by atoms with Gasteiger partial charge in [0.15, 0.2) is 0 Å². The summed E-state index contributed by atoms with van der Waals surface area (Å²) in [7, 11) is 0. The van der Waals surface area contributed by atoms with E-state index in [1.807, 2.05) is 0 Å². The lowest BCUT2D eigenvalue weighted by atomic mass is 10.0. The number of hydrogen-bond donors (Lipinski definition) is 2. The van der Waals surface area contributed by atoms with Crippen molar-refractivity contribution >= 4 is 11.9 Å². The van der Waals surface area contributed by atoms with Crippen LogP contribution in [-0.2, 0) is 14.3 Å². The maximum atomic E-state index is 10.9. The molecule has 0 heterocycles. The van der Waals surface area contributed by atoms with Crippen LogP contribution in [0.15, 0.2) is 0 Å². The van der Waals surface area contributed by atoms with Gasteiger partial charge in [-0.05, 0) is 13.8 Å². The number of carboxylic acid groups (broad SMARTS) is 1. The van der Waals surface area contributed by atoms with Crippen LogP contribution in [-0.4, -0.2) is 29.7 Å². The van der Waals surface area contributed by atoms with Crippen molar-refractivity contribution < 1.29 is 19.4 Å². The van der Waals surface area contributed by atoms with Gasteiger partial charge in [0.1, 0.15) is 6.04 Å². The van der Waals surface area contributed by atoms with Gasteiger partial charge < -0.3 is 15.6 Å². The van der Waals surface area contributed by atoms with Crippen LogP contribution in [0.4, 0.5) is 0 Å². The summed E-state index contributed by atoms with van der Waals surface area (Å²) < 4.78 is 4.55. The predicted molar refractivity (Wildman–Crippen MR) is 41.4 cm³/mol. The number of aliphatic carboxylic acids is 1. The fraction of sp³-hybridized carbons (Fsp3) is 0.714. The molecule has 5 nitrogen and oxygen atoms in total. The Labute approximate surface area is 70.5 Å². The zero-order chi connectivity index (χ0) is 9.72. The summed E-state index contributed by atoms with van der Waals surface area (Å²) in [5.41, 5.74) is 5.29. The van der Waals surface area contributed by atoms with E-state index in [-0.39, 0.29) is 6.61 Å². The highest BCUT2D eigenvalue weighted by molar-refractivity contribution is 5.83. The van der Waals surface area contributed by atoms with Crippen molar-refractivity contribution in [3.8, 4) is 0 Å². The van der Waals surface area contributed by atoms with Gasteiger partial charge in [-0.1, -0.05) is 0 Å². The summed E-state index contributed by atoms with van der Waals surface area (Å²) in [5, 5.41) is 8.48. The molecule has 0 aromatic rings. The molecule has 0 aliphatic carbocycles. The molecule has 0 unspecified atom stereocenters. The van der Waals surface area contributed by atoms with E-state index in [0.29, 0.717) is 0 Å². The standard InChI is InChI=1S/C7H13NO4/c1-3-12-7(11)5(8)4(2)6(9)10/h4-5H,3,8H2,1-2H3,(H,9,10)/t4-,5-/m0/s1. The highest BCUT2D eigenvalue weighted by Gasteiger charge is 2.27. The third kappa shape index (κ3) is 2.87. The molecule has 0 aliphatic heterocycles. The molecule has 0 aliphatic rings. The number of nitrogens with two attached hydrogens (primary N) is 1. The number of rotatable bonds is 4. The topological polar surface area (TPSA) is 89.6 Å². The van der Waals surface area contributed by atoms with Crippen molar-refractivity contribution in [2.24, 2.45) is 11.7 Å². The van der Waals surface area contributed by atoms with Crippen molar-refractivity contribution in [3.05, 3.63) is 0 Å². The van der Waals surface area contributed by atoms with Crippen molar-refractivity contribution in [2.75, 3.05) is 6.61 Å². The van der Waals surface area contributed by atoms with Crippen LogP contribution in [0.5, 0.6) is 0 Å². The minimum atomic E-state index is -1.10. The SMILES string of the molecule is CCOC(=O)[C@@H](N)[C@H](C)C(=O)O. The normalized spacial score (nSPS) is 14.9. The Morgan fingerprint density at radius 1 is 1.58 bits per heavy atom. The lowest BCUT2D eigenvalue weighted by Gasteiger charge is -2.13. The molecule has 0 bridgehead atoms. The highest BCUT2D eigenvalue weighted by atomic mass is 16.5. The van der Waals surface area contributed by atoms with E-state index < -0.39 is 23.9 Å². The van der Waals surface area contributed by atoms with E-state index in [9.17, 15) is 9.59 Å². The minimum absolute atomic E-state index is 0.207. The first-order valence-corrected chi connectivity index (χ1v) is 3.65. The Kier molecular flexibility index (Phi) is 4.28. The molecule has 0 saturated carbocycles. The van der Waals surface area contributed by atoms with Crippen LogP contribution < -0.4 is 5.73 Å². The fourth-order valence-electron chi connectivity index (χ4n) is 0.596. The lowest BCUT2D eigenvalue weighted by molar-refractivity contribution is -0.152. The molecule has 0 saturated heterocycles. The first kappa shape index (κ1) is 10.9. The van der Waals surface area contributed by atoms with E-state index in [4.69, 9.17) is 10.8 Å². The largest absolute Gasteiger partial charge is 0.481 e. The van der Waals surface area contributed by atoms with E-state index in [1.165, 1.54) is 6.92 Å². The van der Waals surface area contributed by atoms with Crippen molar-refractivity contribution in [3.63, 3.8) is 0 Å². The molecular formula is C7H13NO4. The molecule has 0 amide bonds. The second-order valence-corrected chi connectivity index (χ2v) is 2.40. The fourth-order valence-corrected chi connectivity index (χ4v) is 0.596. The molecule has 0 spiro atoms. The Bertz CT molecular complexity index is 180. The average molecular weight is 175 g/mol. The van der Waals surface area contributed by atoms with Crippen LogP contribution in [0, 0.1) is 5.92 Å². The number of carbonyl (C=O) groups excluding carboxylic acids is 1. The van der Waals surface area contributed by atoms with Gasteiger partial charge in [0.25, 0.3) is 0 Å². The minimum Gasteiger partial charge on any atom is -0.481 e. The summed E-state index contributed by atoms with van der Waals surface area (Å²) in [5.74, 6) is -2.69. The molecular weight excluding hydrogens is 162 g/mol. The third-order valence-electron chi connectivity index (χ3n) is 1.49. The quantitative estimate of drug-likeness (QED) is 0.567. The molecule has 5 heteroatoms. The molecule has 3 N–H and O–H groups in total. The van der Waals surface area contributed by atoms with Gasteiger partial charge >= 0.3 is 11.9 Å². The Balaban J connectivity index is 4.09. The predicted octanol–water partition coefficient (Wildman–Crippen LogP) is -0.402. The summed E-state index contributed by atoms with van der Waals surface area (Å²) in [6, 6.07) is -1.08. The lowest BCUT2D eigenvalue weighted by Crippen LogP contribution is -2.41. The summed E-state index contributed by atoms with van der Waals surface area (Å²) in [6.45, 7) is 3.21. The molecule has 0 radical (unpaired) electrons. The van der Waals surface area contributed by atoms with Crippen LogP contribution in [0.25, 0.3) is 0 Å². The van der Waals surface area contributed by atoms with E-state index >= 15 is 0 Å². The van der Waals surface area contributed by atoms with Crippen LogP contribution in [0.3, 0.4) is 0 Å². The summed E-state index contributed by atoms with van der Waals surface area (Å²) in [6.07, 6.45) is 0. The number of hydrogen-bond acceptors (Lipinski definition) is 4. The van der Waals surface area contributed by atoms with Gasteiger partial charge in [-0.25, -0.2) is 0 Å². The van der Waals surface area contributed by atoms with Crippen molar-refractivity contribution in [1.29, 1.82) is 0 Å². The van der Waals surface area contributed by atoms with Gasteiger partial charge in [-0.15, -0.1) is 0 Å². The van der Waals surface area contributed by atoms with Gasteiger partial charge in [-0.2, -0.15) is 0 Å². The second-order valence-electron chi connectivity index (χ2n) is 2.40. The smallest absolute Gasteiger partial charge is 0.323 e. The zero-order valence-electron chi connectivity index (χ0n) is 7.11. The Morgan fingerprint density at radius 2 is 2.08 bits per heavy atom. The highest BCUT2D eigenvalue weighted by Crippen LogP contribution is 2.02. The van der Waals surface area contributed by atoms with Crippen LogP contribution in [0.2, 0.25) is 0 Å². The number of carboxylic acids is 1. The zero-order valence-corrected chi connectivity index (χ0v) is 7.11. The van der Waals surface area contributed by atoms with E-state index in [2.05, 4.69) is 4.74 Å². The number of esters is 1. The van der Waals surface area contributed by atoms with Crippen LogP contribution >= 0.6 is 0 Å². The molecule has 12 heavy (non-hydrogen) atoms. The molecule has 0 aromatic heterocycles. The number of ether oxygens (including phenoxy) is 1. The molecule has 0 fully saturated rings. The Hall–Kier alpha value is -1.10. The van der Waals surface area contributed by atoms with Crippen LogP contribution in [0.1, 0.15) is 13.8 Å². The van der Waals surface area contributed by atoms with Gasteiger partial charge in [0.05, 0.1) is 12.5 Å². The molecule has 2 atom stereocenters. The third-order valence-corrected chi connectivity index (χ3v) is 1.49. The van der Waals surface area contributed by atoms with Gasteiger partial charge in [-0.3, -0.25) is 9.59 Å².